The summed E-state index contributed by atoms with van der Waals surface area (Å²) in [6.45, 7) is 3.56. The van der Waals surface area contributed by atoms with E-state index in [-0.39, 0.29) is 10.8 Å². The highest BCUT2D eigenvalue weighted by Crippen LogP contribution is 2.21. The molecule has 0 spiro atoms. The average Bonchev–Trinajstić information content (AvgIpc) is 2.70. The van der Waals surface area contributed by atoms with Gasteiger partial charge >= 0.3 is 0 Å². The van der Waals surface area contributed by atoms with Crippen LogP contribution in [0.4, 0.5) is 11.4 Å². The molecular weight excluding hydrogens is 402 g/mol. The molecule has 0 fully saturated rings. The number of sulfonamides is 1. The first-order valence-corrected chi connectivity index (χ1v) is 10.6. The van der Waals surface area contributed by atoms with Gasteiger partial charge in [-0.05, 0) is 79.6 Å². The van der Waals surface area contributed by atoms with E-state index in [2.05, 4.69) is 10.0 Å². The minimum Gasteiger partial charge on any atom is -0.366 e. The van der Waals surface area contributed by atoms with Crippen molar-refractivity contribution in [2.24, 2.45) is 5.73 Å². The van der Waals surface area contributed by atoms with Crippen LogP contribution in [0.2, 0.25) is 0 Å². The summed E-state index contributed by atoms with van der Waals surface area (Å²) >= 11 is 0. The van der Waals surface area contributed by atoms with Crippen molar-refractivity contribution in [3.8, 4) is 0 Å². The Labute approximate surface area is 175 Å². The highest BCUT2D eigenvalue weighted by atomic mass is 32.2. The predicted molar refractivity (Wildman–Crippen MR) is 116 cm³/mol. The van der Waals surface area contributed by atoms with Crippen molar-refractivity contribution in [2.75, 3.05) is 10.0 Å². The molecule has 0 aliphatic heterocycles. The first-order chi connectivity index (χ1) is 14.2. The third-order valence-corrected chi connectivity index (χ3v) is 5.98. The highest BCUT2D eigenvalue weighted by molar-refractivity contribution is 7.92. The third-order valence-electron chi connectivity index (χ3n) is 4.46. The van der Waals surface area contributed by atoms with Crippen molar-refractivity contribution < 1.29 is 18.0 Å². The second kappa shape index (κ2) is 8.38. The number of amides is 2. The van der Waals surface area contributed by atoms with Gasteiger partial charge in [-0.25, -0.2) is 8.42 Å². The van der Waals surface area contributed by atoms with Crippen LogP contribution < -0.4 is 15.8 Å². The van der Waals surface area contributed by atoms with Crippen molar-refractivity contribution in [1.29, 1.82) is 0 Å². The van der Waals surface area contributed by atoms with Crippen LogP contribution in [0.15, 0.2) is 71.6 Å². The quantitative estimate of drug-likeness (QED) is 0.563. The number of carbonyl (C=O) groups is 2. The molecule has 154 valence electrons. The predicted octanol–water partition coefficient (Wildman–Crippen LogP) is 3.46. The maximum Gasteiger partial charge on any atom is 0.262 e. The van der Waals surface area contributed by atoms with E-state index < -0.39 is 15.9 Å². The van der Waals surface area contributed by atoms with Gasteiger partial charge in [0, 0.05) is 22.5 Å². The Hall–Kier alpha value is -3.65. The van der Waals surface area contributed by atoms with E-state index in [1.54, 1.807) is 31.2 Å². The number of nitrogens with two attached hydrogens (primary N) is 1. The fourth-order valence-electron chi connectivity index (χ4n) is 2.82. The van der Waals surface area contributed by atoms with E-state index in [1.165, 1.54) is 36.4 Å². The Balaban J connectivity index is 1.72. The molecule has 3 aromatic carbocycles. The molecule has 3 rings (SSSR count). The van der Waals surface area contributed by atoms with Crippen molar-refractivity contribution >= 4 is 33.2 Å². The molecule has 7 nitrogen and oxygen atoms in total. The van der Waals surface area contributed by atoms with Gasteiger partial charge < -0.3 is 11.1 Å². The summed E-state index contributed by atoms with van der Waals surface area (Å²) in [4.78, 5) is 23.7. The topological polar surface area (TPSA) is 118 Å². The van der Waals surface area contributed by atoms with E-state index in [1.807, 2.05) is 13.0 Å². The molecular formula is C22H21N3O4S. The lowest BCUT2D eigenvalue weighted by atomic mass is 10.1. The molecule has 30 heavy (non-hydrogen) atoms. The lowest BCUT2D eigenvalue weighted by Crippen LogP contribution is -2.15. The van der Waals surface area contributed by atoms with Crippen LogP contribution in [-0.2, 0) is 10.0 Å². The van der Waals surface area contributed by atoms with Crippen molar-refractivity contribution in [2.45, 2.75) is 18.7 Å². The van der Waals surface area contributed by atoms with Gasteiger partial charge in [-0.3, -0.25) is 14.3 Å². The van der Waals surface area contributed by atoms with Crippen LogP contribution in [-0.4, -0.2) is 20.2 Å². The molecule has 0 saturated carbocycles. The largest absolute Gasteiger partial charge is 0.366 e. The van der Waals surface area contributed by atoms with E-state index in [4.69, 9.17) is 5.73 Å². The average molecular weight is 423 g/mol. The summed E-state index contributed by atoms with van der Waals surface area (Å²) in [6.07, 6.45) is 0. The zero-order valence-corrected chi connectivity index (χ0v) is 17.3. The van der Waals surface area contributed by atoms with E-state index in [0.29, 0.717) is 28.1 Å². The van der Waals surface area contributed by atoms with Crippen LogP contribution in [0.25, 0.3) is 0 Å². The fourth-order valence-corrected chi connectivity index (χ4v) is 4.21. The molecule has 0 radical (unpaired) electrons. The maximum absolute atomic E-state index is 12.7. The monoisotopic (exact) mass is 423 g/mol. The summed E-state index contributed by atoms with van der Waals surface area (Å²) in [5.74, 6) is -0.919. The Bertz CT molecular complexity index is 1200. The summed E-state index contributed by atoms with van der Waals surface area (Å²) in [5.41, 5.74) is 8.22. The molecule has 0 aliphatic rings. The SMILES string of the molecule is Cc1ccc(C)c(S(=O)(=O)Nc2ccc(C(=O)Nc3ccc(C(N)=O)cc3)cc2)c1. The number of aryl methyl sites for hydroxylation is 2. The Morgan fingerprint density at radius 2 is 1.37 bits per heavy atom. The van der Waals surface area contributed by atoms with Gasteiger partial charge in [-0.15, -0.1) is 0 Å². The first kappa shape index (κ1) is 21.1. The number of primary amides is 1. The Morgan fingerprint density at radius 3 is 1.97 bits per heavy atom. The molecule has 0 aromatic heterocycles. The van der Waals surface area contributed by atoms with E-state index >= 15 is 0 Å². The smallest absolute Gasteiger partial charge is 0.262 e. The lowest BCUT2D eigenvalue weighted by molar-refractivity contribution is 0.0998. The molecule has 8 heteroatoms. The van der Waals surface area contributed by atoms with Gasteiger partial charge in [0.25, 0.3) is 15.9 Å². The Kier molecular flexibility index (Phi) is 5.89. The number of hydrogen-bond acceptors (Lipinski definition) is 4. The van der Waals surface area contributed by atoms with Crippen LogP contribution in [0.1, 0.15) is 31.8 Å². The van der Waals surface area contributed by atoms with Gasteiger partial charge in [0.1, 0.15) is 0 Å². The van der Waals surface area contributed by atoms with Crippen LogP contribution in [0.3, 0.4) is 0 Å². The van der Waals surface area contributed by atoms with Crippen molar-refractivity contribution in [3.05, 3.63) is 89.0 Å². The van der Waals surface area contributed by atoms with E-state index in [0.717, 1.165) is 5.56 Å². The van der Waals surface area contributed by atoms with Crippen LogP contribution >= 0.6 is 0 Å². The molecule has 0 unspecified atom stereocenters. The molecule has 4 N–H and O–H groups in total. The molecule has 0 bridgehead atoms. The van der Waals surface area contributed by atoms with Gasteiger partial charge in [0.2, 0.25) is 5.91 Å². The van der Waals surface area contributed by atoms with E-state index in [9.17, 15) is 18.0 Å². The summed E-state index contributed by atoms with van der Waals surface area (Å²) in [5, 5.41) is 2.70. The summed E-state index contributed by atoms with van der Waals surface area (Å²) < 4.78 is 27.9. The van der Waals surface area contributed by atoms with Crippen LogP contribution in [0, 0.1) is 13.8 Å². The number of rotatable bonds is 6. The summed E-state index contributed by atoms with van der Waals surface area (Å²) in [6, 6.07) is 17.5. The highest BCUT2D eigenvalue weighted by Gasteiger charge is 2.17. The third kappa shape index (κ3) is 4.84. The number of benzene rings is 3. The minimum atomic E-state index is -3.75. The van der Waals surface area contributed by atoms with Gasteiger partial charge in [0.05, 0.1) is 4.90 Å². The summed E-state index contributed by atoms with van der Waals surface area (Å²) in [7, 11) is -3.75. The fraction of sp³-hybridized carbons (Fsp3) is 0.0909. The molecule has 0 heterocycles. The van der Waals surface area contributed by atoms with Gasteiger partial charge in [-0.1, -0.05) is 12.1 Å². The second-order valence-electron chi connectivity index (χ2n) is 6.85. The van der Waals surface area contributed by atoms with Crippen molar-refractivity contribution in [3.63, 3.8) is 0 Å². The molecule has 3 aromatic rings. The molecule has 0 atom stereocenters. The second-order valence-corrected chi connectivity index (χ2v) is 8.50. The Morgan fingerprint density at radius 1 is 0.800 bits per heavy atom. The molecule has 0 saturated heterocycles. The first-order valence-electron chi connectivity index (χ1n) is 9.07. The maximum atomic E-state index is 12.7. The number of anilines is 2. The normalized spacial score (nSPS) is 11.0. The van der Waals surface area contributed by atoms with Crippen molar-refractivity contribution in [1.82, 2.24) is 0 Å². The number of nitrogens with one attached hydrogen (secondary N) is 2. The molecule has 2 amide bonds. The minimum absolute atomic E-state index is 0.212. The van der Waals surface area contributed by atoms with Gasteiger partial charge in [0.15, 0.2) is 0 Å². The van der Waals surface area contributed by atoms with Gasteiger partial charge in [-0.2, -0.15) is 0 Å². The number of carbonyl (C=O) groups excluding carboxylic acids is 2. The zero-order chi connectivity index (χ0) is 21.9. The number of hydrogen-bond donors (Lipinski definition) is 3. The molecule has 0 aliphatic carbocycles. The zero-order valence-electron chi connectivity index (χ0n) is 16.5. The standard InChI is InChI=1S/C22H21N3O4S/c1-14-3-4-15(2)20(13-14)30(28,29)25-19-11-7-17(8-12-19)22(27)24-18-9-5-16(6-10-18)21(23)26/h3-13,25H,1-2H3,(H2,23,26)(H,24,27). The lowest BCUT2D eigenvalue weighted by Gasteiger charge is -2.12. The van der Waals surface area contributed by atoms with Crippen LogP contribution in [0.5, 0.6) is 0 Å².